The molecule has 0 fully saturated rings. The van der Waals surface area contributed by atoms with E-state index in [0.717, 1.165) is 0 Å². The fraction of sp³-hybridized carbons (Fsp3) is 0.364. The molecule has 3 N–H and O–H groups in total. The topological polar surface area (TPSA) is 103 Å². The van der Waals surface area contributed by atoms with Crippen LogP contribution in [0, 0.1) is 22.7 Å². The van der Waals surface area contributed by atoms with E-state index in [1.54, 1.807) is 31.7 Å². The zero-order valence-corrected chi connectivity index (χ0v) is 10.0. The normalized spacial score (nSPS) is 12.6. The Bertz CT molecular complexity index is 569. The molecule has 0 aliphatic rings. The quantitative estimate of drug-likeness (QED) is 0.764. The Labute approximate surface area is 99.6 Å². The third-order valence-corrected chi connectivity index (χ3v) is 2.37. The highest BCUT2D eigenvalue weighted by Crippen LogP contribution is 2.13. The average molecular weight is 230 g/mol. The number of nitrogens with zero attached hydrogens (tertiary/aromatic N) is 4. The van der Waals surface area contributed by atoms with Crippen molar-refractivity contribution in [3.63, 3.8) is 0 Å². The van der Waals surface area contributed by atoms with Crippen molar-refractivity contribution < 1.29 is 0 Å². The summed E-state index contributed by atoms with van der Waals surface area (Å²) in [5.41, 5.74) is 7.20. The first-order chi connectivity index (χ1) is 8.04. The molecule has 0 aliphatic carbocycles. The molecule has 0 radical (unpaired) electrons. The molecule has 0 saturated heterocycles. The summed E-state index contributed by atoms with van der Waals surface area (Å²) in [4.78, 5) is 4.18. The maximum Gasteiger partial charge on any atom is 0.150 e. The van der Waals surface area contributed by atoms with Crippen molar-refractivity contribution in [3.8, 4) is 12.1 Å². The summed E-state index contributed by atoms with van der Waals surface area (Å²) >= 11 is 0. The number of rotatable bonds is 2. The molecule has 0 aromatic carbocycles. The van der Waals surface area contributed by atoms with Gasteiger partial charge in [-0.3, -0.25) is 0 Å². The Morgan fingerprint density at radius 2 is 2.18 bits per heavy atom. The Morgan fingerprint density at radius 3 is 2.65 bits per heavy atom. The van der Waals surface area contributed by atoms with E-state index in [9.17, 15) is 0 Å². The molecule has 6 heteroatoms. The maximum atomic E-state index is 9.14. The molecule has 1 atom stereocenters. The minimum Gasteiger partial charge on any atom is -0.387 e. The van der Waals surface area contributed by atoms with Crippen LogP contribution < -0.4 is 16.5 Å². The molecule has 88 valence electrons. The van der Waals surface area contributed by atoms with Gasteiger partial charge in [0, 0.05) is 20.2 Å². The molecule has 1 unspecified atom stereocenters. The second kappa shape index (κ2) is 5.04. The van der Waals surface area contributed by atoms with Crippen molar-refractivity contribution in [2.24, 2.45) is 12.0 Å². The van der Waals surface area contributed by atoms with Gasteiger partial charge in [-0.15, -0.1) is 0 Å². The SMILES string of the molecule is CNc1cc(N)n(C)c(=NC(C)C#N)c1C#N. The summed E-state index contributed by atoms with van der Waals surface area (Å²) in [5, 5.41) is 20.8. The van der Waals surface area contributed by atoms with Gasteiger partial charge >= 0.3 is 0 Å². The number of nitrogen functional groups attached to an aromatic ring is 1. The smallest absolute Gasteiger partial charge is 0.150 e. The molecule has 0 amide bonds. The third kappa shape index (κ3) is 2.37. The van der Waals surface area contributed by atoms with Crippen molar-refractivity contribution in [2.45, 2.75) is 13.0 Å². The van der Waals surface area contributed by atoms with Crippen LogP contribution in [0.2, 0.25) is 0 Å². The second-order valence-corrected chi connectivity index (χ2v) is 3.54. The molecule has 1 aromatic heterocycles. The molecule has 17 heavy (non-hydrogen) atoms. The zero-order chi connectivity index (χ0) is 13.0. The van der Waals surface area contributed by atoms with Gasteiger partial charge in [-0.2, -0.15) is 10.5 Å². The fourth-order valence-electron chi connectivity index (χ4n) is 1.40. The number of nitriles is 2. The van der Waals surface area contributed by atoms with E-state index in [1.807, 2.05) is 6.07 Å². The molecule has 0 spiro atoms. The Hall–Kier alpha value is -2.47. The van der Waals surface area contributed by atoms with Gasteiger partial charge in [0.2, 0.25) is 0 Å². The summed E-state index contributed by atoms with van der Waals surface area (Å²) in [6.45, 7) is 1.66. The lowest BCUT2D eigenvalue weighted by atomic mass is 10.2. The Balaban J connectivity index is 3.69. The van der Waals surface area contributed by atoms with Crippen LogP contribution in [-0.2, 0) is 7.05 Å². The molecule has 0 saturated carbocycles. The highest BCUT2D eigenvalue weighted by Gasteiger charge is 2.09. The van der Waals surface area contributed by atoms with Crippen molar-refractivity contribution >= 4 is 11.5 Å². The van der Waals surface area contributed by atoms with Gasteiger partial charge in [0.05, 0.1) is 11.8 Å². The summed E-state index contributed by atoms with van der Waals surface area (Å²) in [6, 6.07) is 5.20. The molecule has 1 rings (SSSR count). The highest BCUT2D eigenvalue weighted by atomic mass is 15.1. The third-order valence-electron chi connectivity index (χ3n) is 2.37. The van der Waals surface area contributed by atoms with Crippen LogP contribution in [-0.4, -0.2) is 17.7 Å². The average Bonchev–Trinajstić information content (AvgIpc) is 2.34. The van der Waals surface area contributed by atoms with Gasteiger partial charge in [0.1, 0.15) is 23.5 Å². The van der Waals surface area contributed by atoms with Gasteiger partial charge in [-0.1, -0.05) is 0 Å². The first-order valence-electron chi connectivity index (χ1n) is 5.06. The fourth-order valence-corrected chi connectivity index (χ4v) is 1.40. The van der Waals surface area contributed by atoms with E-state index >= 15 is 0 Å². The van der Waals surface area contributed by atoms with E-state index in [0.29, 0.717) is 22.6 Å². The van der Waals surface area contributed by atoms with Gasteiger partial charge in [0.25, 0.3) is 0 Å². The molecular formula is C11H14N6. The van der Waals surface area contributed by atoms with Gasteiger partial charge < -0.3 is 15.6 Å². The minimum absolute atomic E-state index is 0.381. The maximum absolute atomic E-state index is 9.14. The standard InChI is InChI=1S/C11H14N6/c1-7(5-12)16-11-8(6-13)9(15-2)4-10(14)17(11)3/h4,7,15H,14H2,1-3H3. The Morgan fingerprint density at radius 1 is 1.53 bits per heavy atom. The zero-order valence-electron chi connectivity index (χ0n) is 10.0. The summed E-state index contributed by atoms with van der Waals surface area (Å²) in [5.74, 6) is 0.470. The van der Waals surface area contributed by atoms with E-state index < -0.39 is 6.04 Å². The number of nitrogens with one attached hydrogen (secondary N) is 1. The highest BCUT2D eigenvalue weighted by molar-refractivity contribution is 5.60. The summed E-state index contributed by atoms with van der Waals surface area (Å²) in [6.07, 6.45) is 0. The van der Waals surface area contributed by atoms with E-state index in [-0.39, 0.29) is 0 Å². The van der Waals surface area contributed by atoms with E-state index in [1.165, 1.54) is 0 Å². The van der Waals surface area contributed by atoms with Crippen molar-refractivity contribution in [3.05, 3.63) is 17.1 Å². The van der Waals surface area contributed by atoms with Gasteiger partial charge in [-0.05, 0) is 6.92 Å². The molecule has 6 nitrogen and oxygen atoms in total. The van der Waals surface area contributed by atoms with Crippen molar-refractivity contribution in [1.29, 1.82) is 10.5 Å². The molecular weight excluding hydrogens is 216 g/mol. The molecule has 0 aliphatic heterocycles. The van der Waals surface area contributed by atoms with E-state index in [4.69, 9.17) is 16.3 Å². The molecule has 1 aromatic rings. The van der Waals surface area contributed by atoms with Crippen LogP contribution in [0.15, 0.2) is 11.1 Å². The molecule has 1 heterocycles. The van der Waals surface area contributed by atoms with Crippen molar-refractivity contribution in [2.75, 3.05) is 18.1 Å². The summed E-state index contributed by atoms with van der Waals surface area (Å²) < 4.78 is 1.59. The van der Waals surface area contributed by atoms with Crippen LogP contribution in [0.4, 0.5) is 11.5 Å². The number of nitrogens with two attached hydrogens (primary N) is 1. The largest absolute Gasteiger partial charge is 0.387 e. The summed E-state index contributed by atoms with van der Waals surface area (Å²) in [7, 11) is 3.41. The van der Waals surface area contributed by atoms with Crippen LogP contribution in [0.25, 0.3) is 0 Å². The first-order valence-corrected chi connectivity index (χ1v) is 5.06. The van der Waals surface area contributed by atoms with Gasteiger partial charge in [-0.25, -0.2) is 4.99 Å². The van der Waals surface area contributed by atoms with Crippen LogP contribution in [0.1, 0.15) is 12.5 Å². The predicted octanol–water partition coefficient (Wildman–Crippen LogP) is 0.333. The monoisotopic (exact) mass is 230 g/mol. The number of hydrogen-bond acceptors (Lipinski definition) is 5. The lowest BCUT2D eigenvalue weighted by Gasteiger charge is -2.11. The number of anilines is 2. The van der Waals surface area contributed by atoms with Crippen LogP contribution >= 0.6 is 0 Å². The van der Waals surface area contributed by atoms with E-state index in [2.05, 4.69) is 16.4 Å². The van der Waals surface area contributed by atoms with Crippen LogP contribution in [0.5, 0.6) is 0 Å². The first kappa shape index (κ1) is 12.6. The second-order valence-electron chi connectivity index (χ2n) is 3.54. The number of aromatic nitrogens is 1. The Kier molecular flexibility index (Phi) is 3.74. The van der Waals surface area contributed by atoms with Gasteiger partial charge in [0.15, 0.2) is 5.49 Å². The lowest BCUT2D eigenvalue weighted by Crippen LogP contribution is -2.26. The molecule has 0 bridgehead atoms. The van der Waals surface area contributed by atoms with Crippen molar-refractivity contribution in [1.82, 2.24) is 4.57 Å². The minimum atomic E-state index is -0.528. The number of hydrogen-bond donors (Lipinski definition) is 2. The predicted molar refractivity (Wildman–Crippen MR) is 64.7 cm³/mol. The van der Waals surface area contributed by atoms with Crippen LogP contribution in [0.3, 0.4) is 0 Å². The number of pyridine rings is 1. The lowest BCUT2D eigenvalue weighted by molar-refractivity contribution is 0.783.